The Morgan fingerprint density at radius 3 is 1.02 bits per heavy atom. The van der Waals surface area contributed by atoms with Crippen LogP contribution in [0.3, 0.4) is 0 Å². The molecule has 8 amide bonds. The van der Waals surface area contributed by atoms with Crippen molar-refractivity contribution in [3.05, 3.63) is 108 Å². The number of amides is 8. The maximum atomic E-state index is 14.9. The minimum atomic E-state index is -1.02. The first-order valence-corrected chi connectivity index (χ1v) is 35.5. The topological polar surface area (TPSA) is 324 Å². The van der Waals surface area contributed by atoms with E-state index < -0.39 is 41.9 Å². The molecule has 520 valence electrons. The highest BCUT2D eigenvalue weighted by Crippen LogP contribution is 2.19. The second-order valence-corrected chi connectivity index (χ2v) is 24.8. The van der Waals surface area contributed by atoms with Gasteiger partial charge in [-0.2, -0.15) is 0 Å². The molecule has 14 N–H and O–H groups in total. The summed E-state index contributed by atoms with van der Waals surface area (Å²) in [5.74, 6) is -3.09. The molecule has 0 saturated heterocycles. The number of rotatable bonds is 56. The smallest absolute Gasteiger partial charge is 0.242 e. The number of nitrogens with two attached hydrogens (primary N) is 5. The van der Waals surface area contributed by atoms with Crippen molar-refractivity contribution in [1.82, 2.24) is 36.0 Å². The number of nitrogens with zero attached hydrogens (tertiary/aromatic N) is 3. The summed E-state index contributed by atoms with van der Waals surface area (Å²) in [5, 5.41) is 12.0. The van der Waals surface area contributed by atoms with Crippen molar-refractivity contribution in [3.63, 3.8) is 0 Å². The van der Waals surface area contributed by atoms with Gasteiger partial charge in [-0.1, -0.05) is 175 Å². The lowest BCUT2D eigenvalue weighted by molar-refractivity contribution is -0.142. The average Bonchev–Trinajstić information content (AvgIpc) is 2.49. The minimum absolute atomic E-state index is 0.000932. The number of benzene rings is 3. The summed E-state index contributed by atoms with van der Waals surface area (Å²) in [6.45, 7) is 3.57. The maximum Gasteiger partial charge on any atom is 0.242 e. The molecule has 3 rings (SSSR count). The monoisotopic (exact) mass is 1290 g/mol. The average molecular weight is 1290 g/mol. The van der Waals surface area contributed by atoms with Gasteiger partial charge in [-0.3, -0.25) is 38.4 Å². The highest BCUT2D eigenvalue weighted by Gasteiger charge is 2.34. The van der Waals surface area contributed by atoms with E-state index in [-0.39, 0.29) is 101 Å². The van der Waals surface area contributed by atoms with Crippen molar-refractivity contribution >= 4 is 47.3 Å². The van der Waals surface area contributed by atoms with E-state index in [2.05, 4.69) is 28.2 Å². The quantitative estimate of drug-likeness (QED) is 0.0245. The first-order chi connectivity index (χ1) is 45.3. The van der Waals surface area contributed by atoms with E-state index in [1.165, 1.54) is 72.5 Å². The van der Waals surface area contributed by atoms with Crippen molar-refractivity contribution in [3.8, 4) is 0 Å². The zero-order valence-electron chi connectivity index (χ0n) is 56.7. The summed E-state index contributed by atoms with van der Waals surface area (Å²) in [7, 11) is 0. The lowest BCUT2D eigenvalue weighted by atomic mass is 10.0. The maximum absolute atomic E-state index is 14.9. The first kappa shape index (κ1) is 80.5. The Balaban J connectivity index is 1.86. The second-order valence-electron chi connectivity index (χ2n) is 24.8. The van der Waals surface area contributed by atoms with Gasteiger partial charge in [-0.05, 0) is 146 Å². The highest BCUT2D eigenvalue weighted by molar-refractivity contribution is 5.90. The molecule has 3 aromatic rings. The molecule has 20 heteroatoms. The predicted molar refractivity (Wildman–Crippen MR) is 373 cm³/mol. The van der Waals surface area contributed by atoms with Gasteiger partial charge < -0.3 is 64.6 Å². The molecule has 0 saturated carbocycles. The zero-order chi connectivity index (χ0) is 67.5. The Bertz CT molecular complexity index is 2510. The third-order valence-electron chi connectivity index (χ3n) is 17.3. The lowest BCUT2D eigenvalue weighted by Gasteiger charge is -2.34. The lowest BCUT2D eigenvalue weighted by Crippen LogP contribution is -2.55. The van der Waals surface area contributed by atoms with Crippen LogP contribution in [0.15, 0.2) is 91.0 Å². The molecule has 0 unspecified atom stereocenters. The summed E-state index contributed by atoms with van der Waals surface area (Å²) in [5.41, 5.74) is 32.4. The highest BCUT2D eigenvalue weighted by atomic mass is 16.2. The van der Waals surface area contributed by atoms with Crippen LogP contribution in [0.1, 0.15) is 210 Å². The summed E-state index contributed by atoms with van der Waals surface area (Å²) in [4.78, 5) is 118. The molecule has 20 nitrogen and oxygen atoms in total. The van der Waals surface area contributed by atoms with Crippen LogP contribution >= 0.6 is 0 Å². The van der Waals surface area contributed by atoms with E-state index in [0.29, 0.717) is 116 Å². The van der Waals surface area contributed by atoms with Gasteiger partial charge in [0.05, 0.1) is 0 Å². The molecular weight excluding hydrogens is 1170 g/mol. The number of unbranched alkanes of at least 4 members (excludes halogenated alkanes) is 16. The molecule has 0 bridgehead atoms. The molecule has 0 aromatic heterocycles. The van der Waals surface area contributed by atoms with Crippen LogP contribution in [0.25, 0.3) is 0 Å². The van der Waals surface area contributed by atoms with Crippen molar-refractivity contribution in [1.29, 1.82) is 0 Å². The van der Waals surface area contributed by atoms with Crippen molar-refractivity contribution in [2.45, 2.75) is 237 Å². The van der Waals surface area contributed by atoms with Crippen LogP contribution in [0, 0.1) is 0 Å². The molecule has 0 aliphatic heterocycles. The largest absolute Gasteiger partial charge is 0.368 e. The van der Waals surface area contributed by atoms with Gasteiger partial charge in [-0.15, -0.1) is 0 Å². The summed E-state index contributed by atoms with van der Waals surface area (Å²) < 4.78 is 0. The van der Waals surface area contributed by atoms with Gasteiger partial charge >= 0.3 is 0 Å². The SMILES string of the molecule is CCCCCCCCCCCCCCCC(=O)N[C@@H](CCCCN)C(=O)NCCN(C(=O)CCc1ccccc1)[C@@H](CCCCN)C(=O)NCCN(C(=O)CCc1ccccc1)[C@@H](CCCCN)C(=O)NCCN(C(=O)CCc1ccccc1)[C@@H](CCCCN)C(N)=O. The molecule has 0 aliphatic carbocycles. The van der Waals surface area contributed by atoms with Crippen LogP contribution in [-0.4, -0.2) is 152 Å². The van der Waals surface area contributed by atoms with Crippen molar-refractivity contribution in [2.75, 3.05) is 65.4 Å². The molecule has 0 aliphatic rings. The molecule has 0 heterocycles. The molecular formula is C73H120N12O8. The van der Waals surface area contributed by atoms with Crippen LogP contribution in [0.5, 0.6) is 0 Å². The Hall–Kier alpha value is -6.74. The normalized spacial score (nSPS) is 12.4. The number of hydrogen-bond donors (Lipinski definition) is 9. The Morgan fingerprint density at radius 1 is 0.366 bits per heavy atom. The number of aryl methyl sites for hydroxylation is 3. The number of hydrogen-bond acceptors (Lipinski definition) is 12. The van der Waals surface area contributed by atoms with E-state index in [4.69, 9.17) is 28.7 Å². The Morgan fingerprint density at radius 2 is 0.677 bits per heavy atom. The van der Waals surface area contributed by atoms with E-state index in [0.717, 1.165) is 42.4 Å². The molecule has 93 heavy (non-hydrogen) atoms. The van der Waals surface area contributed by atoms with Gasteiger partial charge in [0.15, 0.2) is 0 Å². The second kappa shape index (κ2) is 51.6. The van der Waals surface area contributed by atoms with Gasteiger partial charge in [-0.25, -0.2) is 0 Å². The first-order valence-electron chi connectivity index (χ1n) is 35.5. The van der Waals surface area contributed by atoms with Gasteiger partial charge in [0.2, 0.25) is 47.3 Å². The fraction of sp³-hybridized carbons (Fsp3) is 0.644. The minimum Gasteiger partial charge on any atom is -0.368 e. The Labute approximate surface area is 557 Å². The molecule has 0 radical (unpaired) electrons. The molecule has 0 spiro atoms. The third kappa shape index (κ3) is 35.4. The van der Waals surface area contributed by atoms with Crippen LogP contribution in [-0.2, 0) is 57.6 Å². The van der Waals surface area contributed by atoms with E-state index in [9.17, 15) is 38.4 Å². The third-order valence-corrected chi connectivity index (χ3v) is 17.3. The summed E-state index contributed by atoms with van der Waals surface area (Å²) >= 11 is 0. The van der Waals surface area contributed by atoms with Crippen molar-refractivity contribution in [2.24, 2.45) is 28.7 Å². The fourth-order valence-corrected chi connectivity index (χ4v) is 11.8. The standard InChI is InChI=1S/C73H120N12O8/c1-2-3-4-5-6-7-8-9-10-11-12-13-23-42-66(86)82-62(38-24-28-49-74)71(91)79-53-57-84(68(88)47-44-60-34-19-15-20-35-60)64(40-26-30-51-76)73(93)81-55-58-85(69(89)48-45-61-36-21-16-22-37-61)65(41-27-31-52-77)72(92)80-54-56-83(63(70(78)90)39-25-29-50-75)67(87)46-43-59-32-17-14-18-33-59/h14-22,32-37,62-65H,2-13,23-31,38-58,74-77H2,1H3,(H2,78,90)(H,79,91)(H,80,92)(H,81,93)(H,82,86)/t62-,63-,64-,65-/m0/s1. The van der Waals surface area contributed by atoms with E-state index >= 15 is 0 Å². The van der Waals surface area contributed by atoms with Gasteiger partial charge in [0, 0.05) is 65.0 Å². The zero-order valence-corrected chi connectivity index (χ0v) is 56.7. The van der Waals surface area contributed by atoms with E-state index in [1.807, 2.05) is 91.0 Å². The molecule has 0 fully saturated rings. The number of nitrogens with one attached hydrogen (secondary N) is 4. The van der Waals surface area contributed by atoms with Crippen LogP contribution < -0.4 is 49.9 Å². The molecule has 3 aromatic carbocycles. The summed E-state index contributed by atoms with van der Waals surface area (Å²) in [6, 6.07) is 24.9. The number of carbonyl (C=O) groups is 8. The Kier molecular flexibility index (Phi) is 44.7. The van der Waals surface area contributed by atoms with Gasteiger partial charge in [0.25, 0.3) is 0 Å². The van der Waals surface area contributed by atoms with Gasteiger partial charge in [0.1, 0.15) is 24.2 Å². The van der Waals surface area contributed by atoms with Crippen molar-refractivity contribution < 1.29 is 38.4 Å². The fourth-order valence-electron chi connectivity index (χ4n) is 11.8. The number of primary amides is 1. The van der Waals surface area contributed by atoms with E-state index in [1.54, 1.807) is 0 Å². The molecule has 4 atom stereocenters. The predicted octanol–water partition coefficient (Wildman–Crippen LogP) is 7.79. The van der Waals surface area contributed by atoms with Crippen LogP contribution in [0.2, 0.25) is 0 Å². The number of carbonyl (C=O) groups excluding carboxylic acids is 8. The van der Waals surface area contributed by atoms with Crippen LogP contribution in [0.4, 0.5) is 0 Å². The summed E-state index contributed by atoms with van der Waals surface area (Å²) in [6.07, 6.45) is 23.2.